The highest BCUT2D eigenvalue weighted by Gasteiger charge is 2.41. The number of carbonyl (C=O) groups is 2. The van der Waals surface area contributed by atoms with Gasteiger partial charge < -0.3 is 19.5 Å². The van der Waals surface area contributed by atoms with Crippen molar-refractivity contribution in [1.29, 1.82) is 0 Å². The summed E-state index contributed by atoms with van der Waals surface area (Å²) in [6, 6.07) is 0. The van der Waals surface area contributed by atoms with Crippen molar-refractivity contribution in [2.24, 2.45) is 0 Å². The van der Waals surface area contributed by atoms with Crippen molar-refractivity contribution in [2.75, 3.05) is 19.6 Å². The number of imidazole rings is 1. The van der Waals surface area contributed by atoms with E-state index in [4.69, 9.17) is 4.74 Å². The van der Waals surface area contributed by atoms with E-state index in [0.717, 1.165) is 44.6 Å². The molecule has 126 valence electrons. The highest BCUT2D eigenvalue weighted by Crippen LogP contribution is 2.29. The van der Waals surface area contributed by atoms with Gasteiger partial charge in [0.25, 0.3) is 0 Å². The molecule has 2 amide bonds. The fraction of sp³-hybridized carbons (Fsp3) is 0.688. The number of amides is 2. The third-order valence-electron chi connectivity index (χ3n) is 4.83. The molecule has 7 heteroatoms. The molecule has 1 N–H and O–H groups in total. The van der Waals surface area contributed by atoms with Crippen molar-refractivity contribution in [3.05, 3.63) is 18.2 Å². The van der Waals surface area contributed by atoms with Crippen molar-refractivity contribution >= 4 is 12.0 Å². The maximum Gasteiger partial charge on any atom is 0.407 e. The predicted molar refractivity (Wildman–Crippen MR) is 83.8 cm³/mol. The summed E-state index contributed by atoms with van der Waals surface area (Å²) in [4.78, 5) is 29.8. The summed E-state index contributed by atoms with van der Waals surface area (Å²) in [5.74, 6) is 1.17. The second-order valence-electron chi connectivity index (χ2n) is 6.43. The molecule has 7 nitrogen and oxygen atoms in total. The van der Waals surface area contributed by atoms with E-state index in [-0.39, 0.29) is 12.0 Å². The van der Waals surface area contributed by atoms with Crippen molar-refractivity contribution in [1.82, 2.24) is 19.8 Å². The topological polar surface area (TPSA) is 76.5 Å². The maximum absolute atomic E-state index is 12.4. The number of nitrogens with one attached hydrogen (secondary N) is 1. The predicted octanol–water partition coefficient (Wildman–Crippen LogP) is 1.46. The highest BCUT2D eigenvalue weighted by molar-refractivity contribution is 5.76. The lowest BCUT2D eigenvalue weighted by Gasteiger charge is -2.25. The third kappa shape index (κ3) is 3.65. The molecule has 0 aliphatic carbocycles. The zero-order valence-electron chi connectivity index (χ0n) is 13.6. The van der Waals surface area contributed by atoms with Crippen LogP contribution in [-0.2, 0) is 16.1 Å². The molecule has 1 unspecified atom stereocenters. The van der Waals surface area contributed by atoms with E-state index in [2.05, 4.69) is 14.9 Å². The first-order valence-electron chi connectivity index (χ1n) is 8.30. The Morgan fingerprint density at radius 2 is 2.30 bits per heavy atom. The smallest absolute Gasteiger partial charge is 0.407 e. The van der Waals surface area contributed by atoms with Gasteiger partial charge in [0, 0.05) is 44.9 Å². The Labute approximate surface area is 136 Å². The van der Waals surface area contributed by atoms with Crippen molar-refractivity contribution in [3.63, 3.8) is 0 Å². The Balaban J connectivity index is 1.46. The molecule has 2 aliphatic heterocycles. The summed E-state index contributed by atoms with van der Waals surface area (Å²) >= 11 is 0. The fourth-order valence-electron chi connectivity index (χ4n) is 3.40. The fourth-order valence-corrected chi connectivity index (χ4v) is 3.40. The number of nitrogens with zero attached hydrogens (tertiary/aromatic N) is 3. The summed E-state index contributed by atoms with van der Waals surface area (Å²) in [6.45, 7) is 4.76. The Bertz CT molecular complexity index is 586. The molecule has 2 saturated heterocycles. The van der Waals surface area contributed by atoms with Gasteiger partial charge in [0.15, 0.2) is 0 Å². The Morgan fingerprint density at radius 1 is 1.43 bits per heavy atom. The van der Waals surface area contributed by atoms with Gasteiger partial charge in [-0.3, -0.25) is 4.79 Å². The number of carbonyl (C=O) groups excluding carboxylic acids is 2. The lowest BCUT2D eigenvalue weighted by Crippen LogP contribution is -2.36. The molecule has 1 spiro atoms. The molecule has 3 rings (SSSR count). The molecule has 0 radical (unpaired) electrons. The van der Waals surface area contributed by atoms with Gasteiger partial charge in [-0.25, -0.2) is 9.78 Å². The first-order chi connectivity index (χ1) is 11.1. The zero-order chi connectivity index (χ0) is 16.3. The van der Waals surface area contributed by atoms with Gasteiger partial charge in [0.2, 0.25) is 5.91 Å². The van der Waals surface area contributed by atoms with Crippen LogP contribution < -0.4 is 5.32 Å². The molecule has 1 aromatic heterocycles. The average Bonchev–Trinajstić information content (AvgIpc) is 3.02. The van der Waals surface area contributed by atoms with E-state index in [1.165, 1.54) is 0 Å². The van der Waals surface area contributed by atoms with Crippen LogP contribution in [0.5, 0.6) is 0 Å². The summed E-state index contributed by atoms with van der Waals surface area (Å²) in [6.07, 6.45) is 7.17. The molecule has 3 heterocycles. The lowest BCUT2D eigenvalue weighted by atomic mass is 9.95. The van der Waals surface area contributed by atoms with Crippen molar-refractivity contribution in [3.8, 4) is 0 Å². The van der Waals surface area contributed by atoms with Crippen LogP contribution in [0.2, 0.25) is 0 Å². The van der Waals surface area contributed by atoms with Gasteiger partial charge in [0.1, 0.15) is 11.4 Å². The average molecular weight is 320 g/mol. The van der Waals surface area contributed by atoms with E-state index in [1.807, 2.05) is 18.0 Å². The van der Waals surface area contributed by atoms with E-state index >= 15 is 0 Å². The van der Waals surface area contributed by atoms with Crippen molar-refractivity contribution in [2.45, 2.75) is 51.2 Å². The van der Waals surface area contributed by atoms with Crippen LogP contribution in [0.4, 0.5) is 4.79 Å². The van der Waals surface area contributed by atoms with E-state index in [1.54, 1.807) is 6.20 Å². The Morgan fingerprint density at radius 3 is 3.00 bits per heavy atom. The van der Waals surface area contributed by atoms with Gasteiger partial charge in [-0.15, -0.1) is 0 Å². The third-order valence-corrected chi connectivity index (χ3v) is 4.83. The van der Waals surface area contributed by atoms with Gasteiger partial charge in [0.05, 0.1) is 6.54 Å². The molecular formula is C16H24N4O3. The minimum Gasteiger partial charge on any atom is -0.441 e. The van der Waals surface area contributed by atoms with E-state index in [0.29, 0.717) is 19.5 Å². The van der Waals surface area contributed by atoms with Gasteiger partial charge in [-0.05, 0) is 26.2 Å². The number of likely N-dealkylation sites (tertiary alicyclic amines) is 1. The van der Waals surface area contributed by atoms with Crippen LogP contribution >= 0.6 is 0 Å². The maximum atomic E-state index is 12.4. The summed E-state index contributed by atoms with van der Waals surface area (Å²) in [7, 11) is 0. The molecule has 1 atom stereocenters. The van der Waals surface area contributed by atoms with Crippen LogP contribution in [-0.4, -0.2) is 51.7 Å². The minimum absolute atomic E-state index is 0.192. The summed E-state index contributed by atoms with van der Waals surface area (Å²) < 4.78 is 7.51. The number of aromatic nitrogens is 2. The molecule has 0 aromatic carbocycles. The summed E-state index contributed by atoms with van der Waals surface area (Å²) in [5, 5.41) is 2.73. The van der Waals surface area contributed by atoms with Crippen LogP contribution in [0.1, 0.15) is 37.9 Å². The molecule has 2 fully saturated rings. The second kappa shape index (κ2) is 6.60. The molecule has 1 aromatic rings. The van der Waals surface area contributed by atoms with Gasteiger partial charge in [-0.1, -0.05) is 0 Å². The van der Waals surface area contributed by atoms with Crippen LogP contribution in [0, 0.1) is 6.92 Å². The van der Waals surface area contributed by atoms with E-state index in [9.17, 15) is 9.59 Å². The Hall–Kier alpha value is -2.05. The molecular weight excluding hydrogens is 296 g/mol. The SMILES string of the molecule is Cc1nccn1CCCC(=O)N1CCCC2(CC1)CNC(=O)O2. The minimum atomic E-state index is -0.403. The van der Waals surface area contributed by atoms with Gasteiger partial charge in [-0.2, -0.15) is 0 Å². The zero-order valence-corrected chi connectivity index (χ0v) is 13.6. The molecule has 0 saturated carbocycles. The number of aryl methyl sites for hydroxylation is 2. The normalized spacial score (nSPS) is 24.4. The van der Waals surface area contributed by atoms with Crippen LogP contribution in [0.25, 0.3) is 0 Å². The quantitative estimate of drug-likeness (QED) is 0.911. The highest BCUT2D eigenvalue weighted by atomic mass is 16.6. The number of hydrogen-bond acceptors (Lipinski definition) is 4. The number of ether oxygens (including phenoxy) is 1. The second-order valence-corrected chi connectivity index (χ2v) is 6.43. The molecule has 0 bridgehead atoms. The number of rotatable bonds is 4. The Kier molecular flexibility index (Phi) is 4.54. The monoisotopic (exact) mass is 320 g/mol. The first kappa shape index (κ1) is 15.8. The first-order valence-corrected chi connectivity index (χ1v) is 8.30. The largest absolute Gasteiger partial charge is 0.441 e. The number of hydrogen-bond donors (Lipinski definition) is 1. The lowest BCUT2D eigenvalue weighted by molar-refractivity contribution is -0.131. The number of alkyl carbamates (subject to hydrolysis) is 1. The van der Waals surface area contributed by atoms with Gasteiger partial charge >= 0.3 is 6.09 Å². The van der Waals surface area contributed by atoms with Crippen LogP contribution in [0.15, 0.2) is 12.4 Å². The van der Waals surface area contributed by atoms with E-state index < -0.39 is 5.60 Å². The molecule has 23 heavy (non-hydrogen) atoms. The molecule has 2 aliphatic rings. The standard InChI is InChI=1S/C16H24N4O3/c1-13-17-7-11-19(13)8-2-4-14(21)20-9-3-5-16(6-10-20)12-18-15(22)23-16/h7,11H,2-6,8-10,12H2,1H3,(H,18,22). The van der Waals surface area contributed by atoms with Crippen molar-refractivity contribution < 1.29 is 14.3 Å². The summed E-state index contributed by atoms with van der Waals surface area (Å²) in [5.41, 5.74) is -0.403. The van der Waals surface area contributed by atoms with Crippen LogP contribution in [0.3, 0.4) is 0 Å².